The topological polar surface area (TPSA) is 62.0 Å². The van der Waals surface area contributed by atoms with E-state index in [4.69, 9.17) is 10.5 Å². The number of primary amides is 1. The Labute approximate surface area is 161 Å². The highest BCUT2D eigenvalue weighted by Gasteiger charge is 2.54. The van der Waals surface area contributed by atoms with Crippen LogP contribution in [0.3, 0.4) is 0 Å². The van der Waals surface area contributed by atoms with Gasteiger partial charge in [-0.05, 0) is 78.8 Å². The van der Waals surface area contributed by atoms with Crippen LogP contribution in [0.15, 0.2) is 0 Å². The first kappa shape index (κ1) is 23.3. The molecule has 154 valence electrons. The van der Waals surface area contributed by atoms with Crippen molar-refractivity contribution in [2.75, 3.05) is 48.9 Å². The normalized spacial score (nSPS) is 25.8. The van der Waals surface area contributed by atoms with E-state index in [-0.39, 0.29) is 11.8 Å². The second kappa shape index (κ2) is 9.00. The molecule has 1 aliphatic rings. The fourth-order valence-electron chi connectivity index (χ4n) is 4.87. The molecule has 1 fully saturated rings. The SMILES string of the molecule is CCC1(CCOC(N(C)C)(N(C)C)N(C)C)CC1C(C)CC(C)C(N)=O. The summed E-state index contributed by atoms with van der Waals surface area (Å²) in [7, 11) is 12.3. The summed E-state index contributed by atoms with van der Waals surface area (Å²) in [5.74, 6) is 0.422. The molecule has 0 radical (unpaired) electrons. The van der Waals surface area contributed by atoms with E-state index in [0.717, 1.165) is 25.9 Å². The Hall–Kier alpha value is -0.690. The van der Waals surface area contributed by atoms with E-state index >= 15 is 0 Å². The highest BCUT2D eigenvalue weighted by Crippen LogP contribution is 2.62. The average Bonchev–Trinajstić information content (AvgIpc) is 3.25. The number of hydrogen-bond donors (Lipinski definition) is 1. The largest absolute Gasteiger partial charge is 0.369 e. The number of nitrogens with zero attached hydrogens (tertiary/aromatic N) is 3. The Bertz CT molecular complexity index is 445. The van der Waals surface area contributed by atoms with Crippen LogP contribution in [0.1, 0.15) is 46.5 Å². The highest BCUT2D eigenvalue weighted by molar-refractivity contribution is 5.76. The molecule has 6 heteroatoms. The molecule has 0 bridgehead atoms. The van der Waals surface area contributed by atoms with Crippen molar-refractivity contribution in [2.45, 2.75) is 52.4 Å². The van der Waals surface area contributed by atoms with E-state index < -0.39 is 5.97 Å². The van der Waals surface area contributed by atoms with E-state index in [0.29, 0.717) is 17.3 Å². The van der Waals surface area contributed by atoms with Gasteiger partial charge in [0.05, 0.1) is 6.61 Å². The van der Waals surface area contributed by atoms with E-state index in [9.17, 15) is 4.79 Å². The smallest absolute Gasteiger partial charge is 0.241 e. The van der Waals surface area contributed by atoms with Gasteiger partial charge in [-0.3, -0.25) is 19.5 Å². The van der Waals surface area contributed by atoms with E-state index in [1.165, 1.54) is 6.42 Å². The van der Waals surface area contributed by atoms with Crippen molar-refractivity contribution in [1.82, 2.24) is 14.7 Å². The van der Waals surface area contributed by atoms with Crippen LogP contribution < -0.4 is 5.73 Å². The number of rotatable bonds is 12. The lowest BCUT2D eigenvalue weighted by Crippen LogP contribution is -2.65. The van der Waals surface area contributed by atoms with Crippen LogP contribution in [-0.2, 0) is 9.53 Å². The molecule has 4 atom stereocenters. The Morgan fingerprint density at radius 3 is 2.04 bits per heavy atom. The summed E-state index contributed by atoms with van der Waals surface area (Å²) in [5.41, 5.74) is 5.80. The Kier molecular flexibility index (Phi) is 8.08. The number of amides is 1. The van der Waals surface area contributed by atoms with Gasteiger partial charge in [0, 0.05) is 5.92 Å². The van der Waals surface area contributed by atoms with E-state index in [1.807, 2.05) is 49.2 Å². The predicted molar refractivity (Wildman–Crippen MR) is 107 cm³/mol. The zero-order valence-electron chi connectivity index (χ0n) is 18.5. The average molecular weight is 371 g/mol. The van der Waals surface area contributed by atoms with Gasteiger partial charge >= 0.3 is 0 Å². The molecule has 1 amide bonds. The summed E-state index contributed by atoms with van der Waals surface area (Å²) in [6, 6.07) is 0. The predicted octanol–water partition coefficient (Wildman–Crippen LogP) is 2.25. The molecule has 26 heavy (non-hydrogen) atoms. The minimum Gasteiger partial charge on any atom is -0.369 e. The number of carbonyl (C=O) groups excluding carboxylic acids is 1. The molecule has 0 aromatic heterocycles. The fourth-order valence-corrected chi connectivity index (χ4v) is 4.87. The van der Waals surface area contributed by atoms with Crippen molar-refractivity contribution in [3.05, 3.63) is 0 Å². The highest BCUT2D eigenvalue weighted by atomic mass is 16.6. The van der Waals surface area contributed by atoms with Crippen molar-refractivity contribution in [3.8, 4) is 0 Å². The lowest BCUT2D eigenvalue weighted by molar-refractivity contribution is -0.296. The maximum atomic E-state index is 11.4. The van der Waals surface area contributed by atoms with Crippen molar-refractivity contribution >= 4 is 5.91 Å². The van der Waals surface area contributed by atoms with Gasteiger partial charge in [0.2, 0.25) is 11.9 Å². The summed E-state index contributed by atoms with van der Waals surface area (Å²) in [6.07, 6.45) is 4.34. The second-order valence-electron chi connectivity index (χ2n) is 8.90. The quantitative estimate of drug-likeness (QED) is 0.534. The van der Waals surface area contributed by atoms with Crippen molar-refractivity contribution < 1.29 is 9.53 Å². The third-order valence-corrected chi connectivity index (χ3v) is 6.50. The molecule has 0 saturated heterocycles. The summed E-state index contributed by atoms with van der Waals surface area (Å²) in [5, 5.41) is 0. The fraction of sp³-hybridized carbons (Fsp3) is 0.950. The van der Waals surface area contributed by atoms with Crippen LogP contribution in [0, 0.1) is 23.2 Å². The molecule has 4 unspecified atom stereocenters. The standard InChI is InChI=1S/C20H42N4O2/c1-10-19(14-17(19)15(2)13-16(3)18(21)25)11-12-26-20(22(4)5,23(6)7)24(8)9/h15-17H,10-14H2,1-9H3,(H2,21,25). The first-order valence-electron chi connectivity index (χ1n) is 9.90. The third kappa shape index (κ3) is 4.77. The zero-order chi connectivity index (χ0) is 20.3. The monoisotopic (exact) mass is 370 g/mol. The van der Waals surface area contributed by atoms with Crippen molar-refractivity contribution in [3.63, 3.8) is 0 Å². The van der Waals surface area contributed by atoms with Gasteiger partial charge in [0.1, 0.15) is 0 Å². The van der Waals surface area contributed by atoms with Crippen LogP contribution in [0.2, 0.25) is 0 Å². The van der Waals surface area contributed by atoms with Gasteiger partial charge < -0.3 is 10.5 Å². The maximum absolute atomic E-state index is 11.4. The van der Waals surface area contributed by atoms with Gasteiger partial charge in [-0.1, -0.05) is 27.2 Å². The number of carbonyl (C=O) groups is 1. The molecule has 0 aromatic rings. The van der Waals surface area contributed by atoms with Gasteiger partial charge in [-0.2, -0.15) is 0 Å². The van der Waals surface area contributed by atoms with Gasteiger partial charge in [-0.15, -0.1) is 0 Å². The van der Waals surface area contributed by atoms with Crippen LogP contribution in [0.5, 0.6) is 0 Å². The molecule has 0 spiro atoms. The van der Waals surface area contributed by atoms with Crippen molar-refractivity contribution in [1.29, 1.82) is 0 Å². The maximum Gasteiger partial charge on any atom is 0.241 e. The number of nitrogens with two attached hydrogens (primary N) is 1. The molecule has 1 aliphatic carbocycles. The molecule has 1 rings (SSSR count). The van der Waals surface area contributed by atoms with Crippen LogP contribution in [0.25, 0.3) is 0 Å². The minimum absolute atomic E-state index is 0.0414. The third-order valence-electron chi connectivity index (χ3n) is 6.50. The molecule has 6 nitrogen and oxygen atoms in total. The summed E-state index contributed by atoms with van der Waals surface area (Å²) < 4.78 is 6.44. The molecule has 0 aliphatic heterocycles. The Morgan fingerprint density at radius 2 is 1.65 bits per heavy atom. The second-order valence-corrected chi connectivity index (χ2v) is 8.90. The Morgan fingerprint density at radius 1 is 1.15 bits per heavy atom. The molecule has 2 N–H and O–H groups in total. The van der Waals surface area contributed by atoms with Gasteiger partial charge in [0.15, 0.2) is 0 Å². The van der Waals surface area contributed by atoms with E-state index in [1.54, 1.807) is 0 Å². The number of hydrogen-bond acceptors (Lipinski definition) is 5. The van der Waals surface area contributed by atoms with Crippen molar-refractivity contribution in [2.24, 2.45) is 28.9 Å². The lowest BCUT2D eigenvalue weighted by Gasteiger charge is -2.48. The minimum atomic E-state index is -0.550. The van der Waals surface area contributed by atoms with Crippen LogP contribution in [0.4, 0.5) is 0 Å². The summed E-state index contributed by atoms with van der Waals surface area (Å²) >= 11 is 0. The first-order chi connectivity index (χ1) is 11.9. The molecule has 1 saturated carbocycles. The van der Waals surface area contributed by atoms with E-state index in [2.05, 4.69) is 28.5 Å². The summed E-state index contributed by atoms with van der Waals surface area (Å²) in [6.45, 7) is 7.21. The zero-order valence-corrected chi connectivity index (χ0v) is 18.5. The summed E-state index contributed by atoms with van der Waals surface area (Å²) in [4.78, 5) is 17.7. The molecular formula is C20H42N4O2. The van der Waals surface area contributed by atoms with Crippen LogP contribution in [-0.4, -0.2) is 75.5 Å². The molecular weight excluding hydrogens is 328 g/mol. The van der Waals surface area contributed by atoms with Gasteiger partial charge in [0.25, 0.3) is 0 Å². The first-order valence-corrected chi connectivity index (χ1v) is 9.90. The molecule has 0 heterocycles. The number of ether oxygens (including phenoxy) is 1. The molecule has 0 aromatic carbocycles. The lowest BCUT2D eigenvalue weighted by atomic mass is 9.86. The van der Waals surface area contributed by atoms with Crippen LogP contribution >= 0.6 is 0 Å². The Balaban J connectivity index is 2.69. The van der Waals surface area contributed by atoms with Gasteiger partial charge in [-0.25, -0.2) is 0 Å².